The Morgan fingerprint density at radius 2 is 0.892 bits per heavy atom. The molecule has 0 unspecified atom stereocenters. The van der Waals surface area contributed by atoms with Crippen LogP contribution in [0.2, 0.25) is 0 Å². The van der Waals surface area contributed by atoms with E-state index in [2.05, 4.69) is 62.3 Å². The predicted octanol–water partition coefficient (Wildman–Crippen LogP) is 8.03. The van der Waals surface area contributed by atoms with E-state index in [9.17, 15) is 19.8 Å². The summed E-state index contributed by atoms with van der Waals surface area (Å²) in [7, 11) is 0. The Labute approximate surface area is 225 Å². The van der Waals surface area contributed by atoms with Crippen molar-refractivity contribution in [2.24, 2.45) is 0 Å². The van der Waals surface area contributed by atoms with Crippen LogP contribution in [0.5, 0.6) is 11.5 Å². The quantitative estimate of drug-likeness (QED) is 0.412. The van der Waals surface area contributed by atoms with E-state index in [1.54, 1.807) is 13.8 Å². The molecule has 0 aliphatic heterocycles. The summed E-state index contributed by atoms with van der Waals surface area (Å²) < 4.78 is 0. The summed E-state index contributed by atoms with van der Waals surface area (Å²) in [4.78, 5) is 22.2. The van der Waals surface area contributed by atoms with Crippen molar-refractivity contribution in [1.29, 1.82) is 0 Å². The highest BCUT2D eigenvalue weighted by Gasteiger charge is 2.26. The first kappa shape index (κ1) is 32.4. The van der Waals surface area contributed by atoms with E-state index in [1.807, 2.05) is 31.2 Å². The number of phenolic OH excluding ortho intramolecular Hbond substituents is 2. The van der Waals surface area contributed by atoms with Gasteiger partial charge < -0.3 is 19.8 Å². The molecule has 0 aromatic heterocycles. The average molecular weight is 511 g/mol. The van der Waals surface area contributed by atoms with Crippen LogP contribution in [-0.4, -0.2) is 21.8 Å². The fraction of sp³-hybridized carbons (Fsp3) is 0.576. The molecule has 2 aromatic carbocycles. The third kappa shape index (κ3) is 9.98. The second kappa shape index (κ2) is 12.3. The molecule has 0 aliphatic carbocycles. The zero-order valence-electron chi connectivity index (χ0n) is 25.3. The fourth-order valence-corrected chi connectivity index (χ4v) is 4.19. The number of carbonyl (C=O) groups excluding carboxylic acids is 2. The number of rotatable bonds is 6. The maximum atomic E-state index is 11.2. The Morgan fingerprint density at radius 3 is 1.19 bits per heavy atom. The van der Waals surface area contributed by atoms with Crippen LogP contribution in [0.3, 0.4) is 0 Å². The molecule has 0 bridgehead atoms. The van der Waals surface area contributed by atoms with Crippen molar-refractivity contribution in [1.82, 2.24) is 0 Å². The minimum Gasteiger partial charge on any atom is -0.507 e. The first-order valence-corrected chi connectivity index (χ1v) is 13.3. The highest BCUT2D eigenvalue weighted by Crippen LogP contribution is 2.40. The van der Waals surface area contributed by atoms with Gasteiger partial charge in [-0.2, -0.15) is 0 Å². The van der Waals surface area contributed by atoms with Crippen LogP contribution in [0.4, 0.5) is 0 Å². The molecule has 0 saturated carbocycles. The van der Waals surface area contributed by atoms with E-state index in [1.165, 1.54) is 0 Å². The summed E-state index contributed by atoms with van der Waals surface area (Å²) in [6.07, 6.45) is 2.60. The second-order valence-electron chi connectivity index (χ2n) is 13.5. The van der Waals surface area contributed by atoms with Gasteiger partial charge in [0.2, 0.25) is 0 Å². The van der Waals surface area contributed by atoms with Gasteiger partial charge in [0.1, 0.15) is 23.1 Å². The van der Waals surface area contributed by atoms with Crippen LogP contribution < -0.4 is 0 Å². The monoisotopic (exact) mass is 510 g/mol. The van der Waals surface area contributed by atoms with Gasteiger partial charge in [-0.1, -0.05) is 86.6 Å². The third-order valence-corrected chi connectivity index (χ3v) is 6.49. The number of Topliss-reactive ketones (excluding diaryl/α,β-unsaturated/α-hetero) is 2. The zero-order chi connectivity index (χ0) is 28.9. The van der Waals surface area contributed by atoms with Crippen molar-refractivity contribution < 1.29 is 19.8 Å². The summed E-state index contributed by atoms with van der Waals surface area (Å²) in [5.74, 6) is 1.18. The van der Waals surface area contributed by atoms with Crippen molar-refractivity contribution in [3.8, 4) is 11.5 Å². The zero-order valence-corrected chi connectivity index (χ0v) is 25.3. The Balaban J connectivity index is 0.000000375. The number of aryl methyl sites for hydroxylation is 3. The SMILES string of the molecule is CC(=O)CCc1cc(C(C)(C)C)c(O)c(C(C)(C)C)c1.CC(=O)CCc1cc(C)c(O)c(C(C)(C)C)c1. The predicted molar refractivity (Wildman–Crippen MR) is 155 cm³/mol. The molecule has 0 atom stereocenters. The average Bonchev–Trinajstić information content (AvgIpc) is 2.71. The van der Waals surface area contributed by atoms with Crippen LogP contribution in [0.1, 0.15) is 122 Å². The van der Waals surface area contributed by atoms with E-state index >= 15 is 0 Å². The molecule has 206 valence electrons. The standard InChI is InChI=1S/C18H28O2.C15H22O2/c1-12(19)8-9-13-10-14(17(2,3)4)16(20)15(11-13)18(5,6)7;1-10-8-12(7-6-11(2)16)9-13(14(10)17)15(3,4)5/h10-11,20H,8-9H2,1-7H3;8-9,17H,6-7H2,1-5H3. The smallest absolute Gasteiger partial charge is 0.130 e. The van der Waals surface area contributed by atoms with Crippen molar-refractivity contribution >= 4 is 11.6 Å². The normalized spacial score (nSPS) is 12.1. The van der Waals surface area contributed by atoms with Gasteiger partial charge in [0.25, 0.3) is 0 Å². The first-order chi connectivity index (χ1) is 16.6. The van der Waals surface area contributed by atoms with E-state index in [0.717, 1.165) is 46.2 Å². The molecule has 4 nitrogen and oxygen atoms in total. The molecule has 0 aliphatic rings. The topological polar surface area (TPSA) is 74.6 Å². The van der Waals surface area contributed by atoms with Gasteiger partial charge in [0, 0.05) is 12.8 Å². The second-order valence-corrected chi connectivity index (χ2v) is 13.5. The number of ketones is 2. The van der Waals surface area contributed by atoms with E-state index in [0.29, 0.717) is 24.3 Å². The highest BCUT2D eigenvalue weighted by molar-refractivity contribution is 5.76. The molecule has 2 N–H and O–H groups in total. The van der Waals surface area contributed by atoms with Crippen LogP contribution >= 0.6 is 0 Å². The summed E-state index contributed by atoms with van der Waals surface area (Å²) in [5.41, 5.74) is 5.71. The van der Waals surface area contributed by atoms with Gasteiger partial charge in [0.05, 0.1) is 0 Å². The van der Waals surface area contributed by atoms with Gasteiger partial charge in [-0.25, -0.2) is 0 Å². The molecule has 0 radical (unpaired) electrons. The fourth-order valence-electron chi connectivity index (χ4n) is 4.19. The van der Waals surface area contributed by atoms with Crippen LogP contribution in [0.25, 0.3) is 0 Å². The van der Waals surface area contributed by atoms with Gasteiger partial charge in [0.15, 0.2) is 0 Å². The van der Waals surface area contributed by atoms with Crippen molar-refractivity contribution in [3.63, 3.8) is 0 Å². The molecule has 2 aromatic rings. The molecular weight excluding hydrogens is 460 g/mol. The number of hydrogen-bond donors (Lipinski definition) is 2. The van der Waals surface area contributed by atoms with Crippen molar-refractivity contribution in [2.45, 2.75) is 125 Å². The van der Waals surface area contributed by atoms with Crippen LogP contribution in [0.15, 0.2) is 24.3 Å². The number of hydrogen-bond acceptors (Lipinski definition) is 4. The van der Waals surface area contributed by atoms with E-state index in [-0.39, 0.29) is 27.8 Å². The molecule has 37 heavy (non-hydrogen) atoms. The largest absolute Gasteiger partial charge is 0.507 e. The molecule has 0 heterocycles. The molecule has 2 rings (SSSR count). The number of benzene rings is 2. The molecule has 0 fully saturated rings. The maximum absolute atomic E-state index is 11.2. The molecular formula is C33H50O4. The molecule has 0 amide bonds. The molecule has 0 spiro atoms. The van der Waals surface area contributed by atoms with Gasteiger partial charge in [-0.05, 0) is 83.2 Å². The lowest BCUT2D eigenvalue weighted by molar-refractivity contribution is -0.117. The van der Waals surface area contributed by atoms with Crippen LogP contribution in [-0.2, 0) is 38.7 Å². The lowest BCUT2D eigenvalue weighted by Crippen LogP contribution is -2.18. The Hall–Kier alpha value is -2.62. The van der Waals surface area contributed by atoms with Crippen LogP contribution in [0, 0.1) is 6.92 Å². The molecule has 0 saturated heterocycles. The van der Waals surface area contributed by atoms with Crippen molar-refractivity contribution in [3.05, 3.63) is 57.6 Å². The minimum atomic E-state index is -0.115. The van der Waals surface area contributed by atoms with Gasteiger partial charge >= 0.3 is 0 Å². The first-order valence-electron chi connectivity index (χ1n) is 13.3. The number of aromatic hydroxyl groups is 2. The number of phenols is 2. The van der Waals surface area contributed by atoms with E-state index in [4.69, 9.17) is 0 Å². The lowest BCUT2D eigenvalue weighted by atomic mass is 9.78. The van der Waals surface area contributed by atoms with E-state index < -0.39 is 0 Å². The highest BCUT2D eigenvalue weighted by atomic mass is 16.3. The summed E-state index contributed by atoms with van der Waals surface area (Å²) in [5, 5.41) is 20.7. The van der Waals surface area contributed by atoms with Crippen molar-refractivity contribution in [2.75, 3.05) is 0 Å². The molecule has 4 heteroatoms. The minimum absolute atomic E-state index is 0.0823. The number of carbonyl (C=O) groups is 2. The summed E-state index contributed by atoms with van der Waals surface area (Å²) in [6.45, 7) is 24.0. The Morgan fingerprint density at radius 1 is 0.595 bits per heavy atom. The Bertz CT molecular complexity index is 1070. The maximum Gasteiger partial charge on any atom is 0.130 e. The third-order valence-electron chi connectivity index (χ3n) is 6.49. The summed E-state index contributed by atoms with van der Waals surface area (Å²) >= 11 is 0. The van der Waals surface area contributed by atoms with Gasteiger partial charge in [-0.3, -0.25) is 0 Å². The summed E-state index contributed by atoms with van der Waals surface area (Å²) in [6, 6.07) is 8.08. The van der Waals surface area contributed by atoms with Gasteiger partial charge in [-0.15, -0.1) is 0 Å². The Kier molecular flexibility index (Phi) is 10.8. The lowest BCUT2D eigenvalue weighted by Gasteiger charge is -2.28.